The quantitative estimate of drug-likeness (QED) is 0.865. The number of rotatable bonds is 5. The Morgan fingerprint density at radius 3 is 2.58 bits per heavy atom. The Bertz CT molecular complexity index is 421. The molecule has 19 heavy (non-hydrogen) atoms. The minimum absolute atomic E-state index is 0. The third kappa shape index (κ3) is 5.53. The fourth-order valence-electron chi connectivity index (χ4n) is 1.61. The van der Waals surface area contributed by atoms with Gasteiger partial charge in [-0.15, -0.1) is 12.4 Å². The fraction of sp³-hybridized carbons (Fsp3) is 0.615. The standard InChI is InChI=1S/C13H22N4O.ClH/c1-8(2)12-11(7-16-10(4)17-12)13(18)15-6-5-9(3)14;/h7-9H,5-6,14H2,1-4H3,(H,15,18);1H. The third-order valence-electron chi connectivity index (χ3n) is 2.62. The van der Waals surface area contributed by atoms with Crippen LogP contribution >= 0.6 is 12.4 Å². The van der Waals surface area contributed by atoms with Gasteiger partial charge in [-0.05, 0) is 26.2 Å². The zero-order valence-electron chi connectivity index (χ0n) is 11.9. The van der Waals surface area contributed by atoms with Crippen molar-refractivity contribution in [3.63, 3.8) is 0 Å². The van der Waals surface area contributed by atoms with E-state index in [0.29, 0.717) is 17.9 Å². The highest BCUT2D eigenvalue weighted by atomic mass is 35.5. The van der Waals surface area contributed by atoms with Crippen LogP contribution in [0.4, 0.5) is 0 Å². The fourth-order valence-corrected chi connectivity index (χ4v) is 1.61. The Kier molecular flexibility index (Phi) is 7.56. The molecular weight excluding hydrogens is 264 g/mol. The van der Waals surface area contributed by atoms with Gasteiger partial charge in [-0.25, -0.2) is 9.97 Å². The molecule has 1 heterocycles. The van der Waals surface area contributed by atoms with Crippen LogP contribution in [0.5, 0.6) is 0 Å². The highest BCUT2D eigenvalue weighted by Gasteiger charge is 2.15. The molecule has 0 aromatic carbocycles. The molecule has 1 aromatic rings. The molecule has 0 saturated carbocycles. The Balaban J connectivity index is 0.00000324. The van der Waals surface area contributed by atoms with Gasteiger partial charge in [0.15, 0.2) is 0 Å². The lowest BCUT2D eigenvalue weighted by molar-refractivity contribution is 0.0950. The van der Waals surface area contributed by atoms with E-state index in [1.807, 2.05) is 27.7 Å². The highest BCUT2D eigenvalue weighted by molar-refractivity contribution is 5.95. The molecule has 0 aliphatic rings. The van der Waals surface area contributed by atoms with Gasteiger partial charge in [-0.3, -0.25) is 4.79 Å². The number of carbonyl (C=O) groups is 1. The maximum atomic E-state index is 12.0. The molecule has 1 atom stereocenters. The van der Waals surface area contributed by atoms with Crippen molar-refractivity contribution >= 4 is 18.3 Å². The van der Waals surface area contributed by atoms with E-state index in [-0.39, 0.29) is 30.3 Å². The molecule has 0 saturated heterocycles. The zero-order valence-corrected chi connectivity index (χ0v) is 12.8. The van der Waals surface area contributed by atoms with Crippen molar-refractivity contribution in [2.45, 2.75) is 46.1 Å². The van der Waals surface area contributed by atoms with Crippen molar-refractivity contribution in [2.75, 3.05) is 6.54 Å². The molecule has 6 heteroatoms. The van der Waals surface area contributed by atoms with Gasteiger partial charge >= 0.3 is 0 Å². The summed E-state index contributed by atoms with van der Waals surface area (Å²) in [7, 11) is 0. The first-order valence-electron chi connectivity index (χ1n) is 6.29. The van der Waals surface area contributed by atoms with Crippen LogP contribution in [0.3, 0.4) is 0 Å². The second-order valence-electron chi connectivity index (χ2n) is 4.89. The van der Waals surface area contributed by atoms with Crippen molar-refractivity contribution in [2.24, 2.45) is 5.73 Å². The van der Waals surface area contributed by atoms with Crippen molar-refractivity contribution in [3.05, 3.63) is 23.3 Å². The third-order valence-corrected chi connectivity index (χ3v) is 2.62. The second kappa shape index (κ2) is 8.07. The largest absolute Gasteiger partial charge is 0.352 e. The lowest BCUT2D eigenvalue weighted by Gasteiger charge is -2.12. The Morgan fingerprint density at radius 2 is 2.05 bits per heavy atom. The van der Waals surface area contributed by atoms with Crippen LogP contribution in [0.25, 0.3) is 0 Å². The molecule has 5 nitrogen and oxygen atoms in total. The van der Waals surface area contributed by atoms with Crippen LogP contribution in [0.15, 0.2) is 6.20 Å². The normalized spacial score (nSPS) is 11.9. The van der Waals surface area contributed by atoms with Gasteiger partial charge in [-0.2, -0.15) is 0 Å². The number of amides is 1. The summed E-state index contributed by atoms with van der Waals surface area (Å²) in [5, 5.41) is 2.85. The van der Waals surface area contributed by atoms with Crippen LogP contribution in [0, 0.1) is 6.92 Å². The van der Waals surface area contributed by atoms with Gasteiger partial charge in [0, 0.05) is 18.8 Å². The molecular formula is C13H23ClN4O. The summed E-state index contributed by atoms with van der Waals surface area (Å²) in [5.74, 6) is 0.756. The lowest BCUT2D eigenvalue weighted by Crippen LogP contribution is -2.30. The molecule has 0 aliphatic heterocycles. The number of aromatic nitrogens is 2. The molecule has 108 valence electrons. The molecule has 1 aromatic heterocycles. The van der Waals surface area contributed by atoms with Crippen molar-refractivity contribution in [1.82, 2.24) is 15.3 Å². The first-order valence-corrected chi connectivity index (χ1v) is 6.29. The van der Waals surface area contributed by atoms with Crippen molar-refractivity contribution in [3.8, 4) is 0 Å². The maximum absolute atomic E-state index is 12.0. The van der Waals surface area contributed by atoms with E-state index in [0.717, 1.165) is 12.1 Å². The molecule has 1 unspecified atom stereocenters. The van der Waals surface area contributed by atoms with Crippen molar-refractivity contribution < 1.29 is 4.79 Å². The van der Waals surface area contributed by atoms with E-state index in [1.165, 1.54) is 0 Å². The number of carbonyl (C=O) groups excluding carboxylic acids is 1. The lowest BCUT2D eigenvalue weighted by atomic mass is 10.0. The molecule has 1 rings (SSSR count). The summed E-state index contributed by atoms with van der Waals surface area (Å²) >= 11 is 0. The average molecular weight is 287 g/mol. The number of hydrogen-bond donors (Lipinski definition) is 2. The van der Waals surface area contributed by atoms with E-state index >= 15 is 0 Å². The molecule has 1 amide bonds. The summed E-state index contributed by atoms with van der Waals surface area (Å²) in [6, 6.07) is 0.0872. The topological polar surface area (TPSA) is 80.9 Å². The van der Waals surface area contributed by atoms with E-state index in [4.69, 9.17) is 5.73 Å². The van der Waals surface area contributed by atoms with Gasteiger partial charge < -0.3 is 11.1 Å². The first kappa shape index (κ1) is 17.8. The zero-order chi connectivity index (χ0) is 13.7. The van der Waals surface area contributed by atoms with Crippen LogP contribution in [0.1, 0.15) is 55.0 Å². The van der Waals surface area contributed by atoms with E-state index in [1.54, 1.807) is 6.20 Å². The van der Waals surface area contributed by atoms with Gasteiger partial charge in [0.1, 0.15) is 5.82 Å². The Labute approximate surface area is 120 Å². The molecule has 0 radical (unpaired) electrons. The number of nitrogens with one attached hydrogen (secondary N) is 1. The monoisotopic (exact) mass is 286 g/mol. The van der Waals surface area contributed by atoms with Gasteiger partial charge in [0.2, 0.25) is 0 Å². The first-order chi connectivity index (χ1) is 8.41. The molecule has 0 bridgehead atoms. The number of halogens is 1. The summed E-state index contributed by atoms with van der Waals surface area (Å²) < 4.78 is 0. The minimum atomic E-state index is -0.126. The number of aryl methyl sites for hydroxylation is 1. The van der Waals surface area contributed by atoms with Crippen LogP contribution < -0.4 is 11.1 Å². The average Bonchev–Trinajstić information content (AvgIpc) is 2.28. The number of hydrogen-bond acceptors (Lipinski definition) is 4. The SMILES string of the molecule is Cc1ncc(C(=O)NCCC(C)N)c(C(C)C)n1.Cl. The smallest absolute Gasteiger partial charge is 0.254 e. The second-order valence-corrected chi connectivity index (χ2v) is 4.89. The number of nitrogens with zero attached hydrogens (tertiary/aromatic N) is 2. The predicted octanol–water partition coefficient (Wildman–Crippen LogP) is 1.80. The predicted molar refractivity (Wildman–Crippen MR) is 78.7 cm³/mol. The molecule has 0 aliphatic carbocycles. The highest BCUT2D eigenvalue weighted by Crippen LogP contribution is 2.16. The van der Waals surface area contributed by atoms with Crippen molar-refractivity contribution in [1.29, 1.82) is 0 Å². The molecule has 0 spiro atoms. The van der Waals surface area contributed by atoms with Gasteiger partial charge in [0.25, 0.3) is 5.91 Å². The van der Waals surface area contributed by atoms with E-state index < -0.39 is 0 Å². The van der Waals surface area contributed by atoms with E-state index in [2.05, 4.69) is 15.3 Å². The summed E-state index contributed by atoms with van der Waals surface area (Å²) in [6.07, 6.45) is 2.36. The Hall–Kier alpha value is -1.20. The maximum Gasteiger partial charge on any atom is 0.254 e. The summed E-state index contributed by atoms with van der Waals surface area (Å²) in [5.41, 5.74) is 6.99. The van der Waals surface area contributed by atoms with Crippen LogP contribution in [-0.4, -0.2) is 28.5 Å². The minimum Gasteiger partial charge on any atom is -0.352 e. The summed E-state index contributed by atoms with van der Waals surface area (Å²) in [6.45, 7) is 8.34. The van der Waals surface area contributed by atoms with Gasteiger partial charge in [0.05, 0.1) is 11.3 Å². The van der Waals surface area contributed by atoms with Gasteiger partial charge in [-0.1, -0.05) is 13.8 Å². The van der Waals surface area contributed by atoms with E-state index in [9.17, 15) is 4.79 Å². The Morgan fingerprint density at radius 1 is 1.42 bits per heavy atom. The summed E-state index contributed by atoms with van der Waals surface area (Å²) in [4.78, 5) is 20.5. The number of nitrogens with two attached hydrogens (primary N) is 1. The van der Waals surface area contributed by atoms with Crippen LogP contribution in [0.2, 0.25) is 0 Å². The molecule has 3 N–H and O–H groups in total. The molecule has 0 fully saturated rings. The van der Waals surface area contributed by atoms with Crippen LogP contribution in [-0.2, 0) is 0 Å².